The van der Waals surface area contributed by atoms with Gasteiger partial charge in [-0.3, -0.25) is 9.78 Å². The first-order chi connectivity index (χ1) is 9.16. The van der Waals surface area contributed by atoms with E-state index >= 15 is 0 Å². The molecule has 1 saturated carbocycles. The van der Waals surface area contributed by atoms with Crippen molar-refractivity contribution in [2.45, 2.75) is 38.0 Å². The summed E-state index contributed by atoms with van der Waals surface area (Å²) in [4.78, 5) is 16.2. The Labute approximate surface area is 112 Å². The van der Waals surface area contributed by atoms with Crippen LogP contribution >= 0.6 is 0 Å². The summed E-state index contributed by atoms with van der Waals surface area (Å²) in [6.07, 6.45) is 5.56. The Hall–Kier alpha value is -1.46. The van der Waals surface area contributed by atoms with E-state index in [4.69, 9.17) is 10.5 Å². The molecule has 4 atom stereocenters. The van der Waals surface area contributed by atoms with Gasteiger partial charge in [-0.2, -0.15) is 0 Å². The molecule has 1 amide bonds. The maximum Gasteiger partial charge on any atom is 0.253 e. The zero-order valence-corrected chi connectivity index (χ0v) is 11.0. The molecule has 2 heterocycles. The van der Waals surface area contributed by atoms with E-state index in [1.807, 2.05) is 13.0 Å². The largest absolute Gasteiger partial charge is 0.376 e. The number of nitrogens with two attached hydrogens (primary N) is 1. The van der Waals surface area contributed by atoms with Gasteiger partial charge in [0.2, 0.25) is 0 Å². The molecule has 4 unspecified atom stereocenters. The van der Waals surface area contributed by atoms with Crippen LogP contribution in [0.25, 0.3) is 0 Å². The predicted molar refractivity (Wildman–Crippen MR) is 70.7 cm³/mol. The maximum atomic E-state index is 12.2. The number of fused-ring (bicyclic) bond motifs is 1. The van der Waals surface area contributed by atoms with Crippen LogP contribution in [0, 0.1) is 12.8 Å². The summed E-state index contributed by atoms with van der Waals surface area (Å²) in [5.41, 5.74) is 7.67. The Bertz CT molecular complexity index is 491. The molecule has 5 nitrogen and oxygen atoms in total. The first kappa shape index (κ1) is 12.6. The third-order valence-electron chi connectivity index (χ3n) is 4.11. The molecule has 2 aliphatic rings. The number of aryl methyl sites for hydroxylation is 1. The molecule has 0 radical (unpaired) electrons. The van der Waals surface area contributed by atoms with E-state index in [1.165, 1.54) is 0 Å². The number of carbonyl (C=O) groups is 1. The van der Waals surface area contributed by atoms with E-state index in [2.05, 4.69) is 10.3 Å². The van der Waals surface area contributed by atoms with Crippen LogP contribution in [-0.2, 0) is 4.74 Å². The second kappa shape index (κ2) is 4.90. The lowest BCUT2D eigenvalue weighted by molar-refractivity contribution is -0.117. The van der Waals surface area contributed by atoms with Crippen molar-refractivity contribution in [3.05, 3.63) is 29.6 Å². The van der Waals surface area contributed by atoms with Crippen LogP contribution < -0.4 is 11.1 Å². The Kier molecular flexibility index (Phi) is 3.24. The molecule has 3 rings (SSSR count). The fraction of sp³-hybridized carbons (Fsp3) is 0.571. The number of hydrogen-bond acceptors (Lipinski definition) is 4. The molecule has 1 aliphatic heterocycles. The molecule has 0 aromatic carbocycles. The highest BCUT2D eigenvalue weighted by atomic mass is 16.5. The molecule has 0 bridgehead atoms. The van der Waals surface area contributed by atoms with Crippen molar-refractivity contribution in [3.8, 4) is 0 Å². The summed E-state index contributed by atoms with van der Waals surface area (Å²) in [7, 11) is 0. The minimum absolute atomic E-state index is 0.00650. The van der Waals surface area contributed by atoms with Gasteiger partial charge in [0.05, 0.1) is 17.7 Å². The van der Waals surface area contributed by atoms with Gasteiger partial charge in [-0.1, -0.05) is 0 Å². The minimum Gasteiger partial charge on any atom is -0.376 e. The first-order valence-electron chi connectivity index (χ1n) is 6.76. The molecule has 1 aliphatic carbocycles. The van der Waals surface area contributed by atoms with Crippen molar-refractivity contribution >= 4 is 5.91 Å². The lowest BCUT2D eigenvalue weighted by Gasteiger charge is -2.52. The number of amides is 1. The zero-order chi connectivity index (χ0) is 13.4. The van der Waals surface area contributed by atoms with E-state index in [9.17, 15) is 4.79 Å². The average molecular weight is 261 g/mol. The molecular weight excluding hydrogens is 242 g/mol. The number of pyridine rings is 1. The average Bonchev–Trinajstić information content (AvgIpc) is 2.44. The van der Waals surface area contributed by atoms with Crippen LogP contribution in [0.5, 0.6) is 0 Å². The fourth-order valence-corrected chi connectivity index (χ4v) is 3.04. The van der Waals surface area contributed by atoms with Gasteiger partial charge in [0.25, 0.3) is 5.91 Å². The smallest absolute Gasteiger partial charge is 0.253 e. The van der Waals surface area contributed by atoms with Crippen molar-refractivity contribution in [2.75, 3.05) is 6.61 Å². The second-order valence-electron chi connectivity index (χ2n) is 5.47. The highest BCUT2D eigenvalue weighted by Gasteiger charge is 2.51. The molecule has 1 aromatic heterocycles. The summed E-state index contributed by atoms with van der Waals surface area (Å²) in [5.74, 6) is 0.277. The van der Waals surface area contributed by atoms with E-state index in [0.717, 1.165) is 25.0 Å². The van der Waals surface area contributed by atoms with E-state index in [-0.39, 0.29) is 24.1 Å². The number of ether oxygens (including phenoxy) is 1. The SMILES string of the molecule is Cc1cncc(C(=O)NC2C(N)C3CCCOC32)c1. The third kappa shape index (κ3) is 2.24. The van der Waals surface area contributed by atoms with Gasteiger partial charge in [-0.25, -0.2) is 0 Å². The number of aromatic nitrogens is 1. The normalized spacial score (nSPS) is 33.2. The van der Waals surface area contributed by atoms with Crippen molar-refractivity contribution < 1.29 is 9.53 Å². The summed E-state index contributed by atoms with van der Waals surface area (Å²) < 4.78 is 5.71. The predicted octanol–water partition coefficient (Wildman–Crippen LogP) is 0.625. The highest BCUT2D eigenvalue weighted by Crippen LogP contribution is 2.37. The molecule has 3 N–H and O–H groups in total. The standard InChI is InChI=1S/C14H19N3O2/c1-8-5-9(7-16-6-8)14(18)17-12-11(15)10-3-2-4-19-13(10)12/h5-7,10-13H,2-4,15H2,1H3,(H,17,18). The van der Waals surface area contributed by atoms with Gasteiger partial charge >= 0.3 is 0 Å². The minimum atomic E-state index is -0.121. The summed E-state index contributed by atoms with van der Waals surface area (Å²) >= 11 is 0. The monoisotopic (exact) mass is 261 g/mol. The summed E-state index contributed by atoms with van der Waals surface area (Å²) in [6, 6.07) is 1.76. The van der Waals surface area contributed by atoms with Gasteiger partial charge in [-0.15, -0.1) is 0 Å². The van der Waals surface area contributed by atoms with E-state index in [1.54, 1.807) is 12.4 Å². The lowest BCUT2D eigenvalue weighted by atomic mass is 9.68. The van der Waals surface area contributed by atoms with Gasteiger partial charge in [0.15, 0.2) is 0 Å². The van der Waals surface area contributed by atoms with Crippen molar-refractivity contribution in [1.29, 1.82) is 0 Å². The third-order valence-corrected chi connectivity index (χ3v) is 4.11. The zero-order valence-electron chi connectivity index (χ0n) is 11.0. The van der Waals surface area contributed by atoms with E-state index < -0.39 is 0 Å². The highest BCUT2D eigenvalue weighted by molar-refractivity contribution is 5.94. The molecule has 1 saturated heterocycles. The number of carbonyl (C=O) groups excluding carboxylic acids is 1. The van der Waals surface area contributed by atoms with Gasteiger partial charge in [0, 0.05) is 31.0 Å². The maximum absolute atomic E-state index is 12.2. The van der Waals surface area contributed by atoms with Gasteiger partial charge < -0.3 is 15.8 Å². The van der Waals surface area contributed by atoms with Crippen LogP contribution in [0.15, 0.2) is 18.5 Å². The molecule has 2 fully saturated rings. The summed E-state index contributed by atoms with van der Waals surface area (Å²) in [5, 5.41) is 2.98. The Balaban J connectivity index is 1.67. The molecule has 102 valence electrons. The van der Waals surface area contributed by atoms with Gasteiger partial charge in [-0.05, 0) is 31.4 Å². The Morgan fingerprint density at radius 1 is 1.53 bits per heavy atom. The number of rotatable bonds is 2. The first-order valence-corrected chi connectivity index (χ1v) is 6.76. The number of nitrogens with one attached hydrogen (secondary N) is 1. The molecular formula is C14H19N3O2. The topological polar surface area (TPSA) is 77.2 Å². The van der Waals surface area contributed by atoms with Crippen LogP contribution in [-0.4, -0.2) is 35.7 Å². The lowest BCUT2D eigenvalue weighted by Crippen LogP contribution is -2.72. The molecule has 0 spiro atoms. The second-order valence-corrected chi connectivity index (χ2v) is 5.47. The van der Waals surface area contributed by atoms with Crippen LogP contribution in [0.1, 0.15) is 28.8 Å². The number of nitrogens with zero attached hydrogens (tertiary/aromatic N) is 1. The van der Waals surface area contributed by atoms with E-state index in [0.29, 0.717) is 11.5 Å². The molecule has 19 heavy (non-hydrogen) atoms. The van der Waals surface area contributed by atoms with Crippen molar-refractivity contribution in [1.82, 2.24) is 10.3 Å². The van der Waals surface area contributed by atoms with Crippen LogP contribution in [0.3, 0.4) is 0 Å². The Morgan fingerprint density at radius 2 is 2.37 bits per heavy atom. The molecule has 1 aromatic rings. The van der Waals surface area contributed by atoms with Crippen LogP contribution in [0.4, 0.5) is 0 Å². The molecule has 5 heteroatoms. The van der Waals surface area contributed by atoms with Gasteiger partial charge in [0.1, 0.15) is 0 Å². The number of hydrogen-bond donors (Lipinski definition) is 2. The summed E-state index contributed by atoms with van der Waals surface area (Å²) in [6.45, 7) is 2.69. The van der Waals surface area contributed by atoms with Crippen molar-refractivity contribution in [2.24, 2.45) is 11.7 Å². The fourth-order valence-electron chi connectivity index (χ4n) is 3.04. The van der Waals surface area contributed by atoms with Crippen molar-refractivity contribution in [3.63, 3.8) is 0 Å². The quantitative estimate of drug-likeness (QED) is 0.818. The Morgan fingerprint density at radius 3 is 3.16 bits per heavy atom. The van der Waals surface area contributed by atoms with Crippen LogP contribution in [0.2, 0.25) is 0 Å².